The lowest BCUT2D eigenvalue weighted by Gasteiger charge is -2.05. The number of carbonyl (C=O) groups excluding carboxylic acids is 1. The van der Waals surface area contributed by atoms with Crippen LogP contribution in [-0.2, 0) is 16.1 Å². The summed E-state index contributed by atoms with van der Waals surface area (Å²) in [6, 6.07) is 4.98. The molecule has 1 rings (SSSR count). The molecule has 0 spiro atoms. The zero-order chi connectivity index (χ0) is 12.1. The van der Waals surface area contributed by atoms with E-state index in [0.29, 0.717) is 21.3 Å². The van der Waals surface area contributed by atoms with Gasteiger partial charge in [0.15, 0.2) is 0 Å². The molecule has 0 aliphatic carbocycles. The predicted molar refractivity (Wildman–Crippen MR) is 64.2 cm³/mol. The van der Waals surface area contributed by atoms with Crippen LogP contribution in [0.25, 0.3) is 0 Å². The summed E-state index contributed by atoms with van der Waals surface area (Å²) < 4.78 is 4.94. The van der Waals surface area contributed by atoms with E-state index in [1.807, 2.05) is 0 Å². The van der Waals surface area contributed by atoms with Crippen molar-refractivity contribution in [3.05, 3.63) is 45.6 Å². The van der Waals surface area contributed by atoms with E-state index in [9.17, 15) is 4.79 Å². The summed E-state index contributed by atoms with van der Waals surface area (Å²) >= 11 is 11.6. The first kappa shape index (κ1) is 12.9. The van der Waals surface area contributed by atoms with Gasteiger partial charge in [0.25, 0.3) is 0 Å². The lowest BCUT2D eigenvalue weighted by molar-refractivity contribution is -0.139. The van der Waals surface area contributed by atoms with Gasteiger partial charge in [0, 0.05) is 27.4 Å². The van der Waals surface area contributed by atoms with Gasteiger partial charge in [-0.3, -0.25) is 0 Å². The highest BCUT2D eigenvalue weighted by Crippen LogP contribution is 2.21. The van der Waals surface area contributed by atoms with Crippen LogP contribution in [0.1, 0.15) is 12.5 Å². The summed E-state index contributed by atoms with van der Waals surface area (Å²) in [5, 5.41) is 1.01. The fourth-order valence-corrected chi connectivity index (χ4v) is 1.48. The molecule has 3 nitrogen and oxygen atoms in total. The molecule has 0 saturated heterocycles. The van der Waals surface area contributed by atoms with Gasteiger partial charge in [0.1, 0.15) is 6.61 Å². The van der Waals surface area contributed by atoms with Crippen molar-refractivity contribution in [1.29, 1.82) is 0 Å². The first-order valence-electron chi connectivity index (χ1n) is 4.53. The SMILES string of the molecule is C/C(N)=C/C(=O)OCc1ccc(Cl)cc1Cl. The summed E-state index contributed by atoms with van der Waals surface area (Å²) in [6.45, 7) is 1.70. The van der Waals surface area contributed by atoms with E-state index in [1.54, 1.807) is 25.1 Å². The Kier molecular flexibility index (Phi) is 4.65. The summed E-state index contributed by atoms with van der Waals surface area (Å²) in [4.78, 5) is 11.2. The summed E-state index contributed by atoms with van der Waals surface area (Å²) in [5.74, 6) is -0.494. The van der Waals surface area contributed by atoms with Crippen molar-refractivity contribution in [2.45, 2.75) is 13.5 Å². The number of esters is 1. The van der Waals surface area contributed by atoms with Gasteiger partial charge >= 0.3 is 5.97 Å². The minimum atomic E-state index is -0.494. The van der Waals surface area contributed by atoms with Gasteiger partial charge in [0.05, 0.1) is 0 Å². The zero-order valence-electron chi connectivity index (χ0n) is 8.67. The zero-order valence-corrected chi connectivity index (χ0v) is 10.2. The number of halogens is 2. The molecule has 1 aromatic carbocycles. The molecule has 0 heterocycles. The van der Waals surface area contributed by atoms with Gasteiger partial charge in [0.2, 0.25) is 0 Å². The molecule has 0 amide bonds. The molecule has 0 saturated carbocycles. The number of rotatable bonds is 3. The minimum absolute atomic E-state index is 0.0958. The molecule has 16 heavy (non-hydrogen) atoms. The molecule has 0 aromatic heterocycles. The van der Waals surface area contributed by atoms with Gasteiger partial charge in [-0.05, 0) is 19.1 Å². The van der Waals surface area contributed by atoms with E-state index in [2.05, 4.69) is 0 Å². The number of hydrogen-bond acceptors (Lipinski definition) is 3. The quantitative estimate of drug-likeness (QED) is 0.671. The largest absolute Gasteiger partial charge is 0.458 e. The third kappa shape index (κ3) is 4.13. The summed E-state index contributed by atoms with van der Waals surface area (Å²) in [6.07, 6.45) is 1.21. The number of nitrogens with two attached hydrogens (primary N) is 1. The van der Waals surface area contributed by atoms with Crippen LogP contribution in [0.5, 0.6) is 0 Å². The van der Waals surface area contributed by atoms with Crippen LogP contribution in [0.3, 0.4) is 0 Å². The number of ether oxygens (including phenoxy) is 1. The maximum Gasteiger partial charge on any atom is 0.332 e. The number of hydrogen-bond donors (Lipinski definition) is 1. The molecule has 0 radical (unpaired) electrons. The standard InChI is InChI=1S/C11H11Cl2NO2/c1-7(14)4-11(15)16-6-8-2-3-9(12)5-10(8)13/h2-5H,6,14H2,1H3/b7-4-. The number of allylic oxidation sites excluding steroid dienone is 1. The van der Waals surface area contributed by atoms with E-state index < -0.39 is 5.97 Å². The highest BCUT2D eigenvalue weighted by molar-refractivity contribution is 6.35. The maximum atomic E-state index is 11.2. The molecule has 0 atom stereocenters. The molecule has 5 heteroatoms. The smallest absolute Gasteiger partial charge is 0.332 e. The highest BCUT2D eigenvalue weighted by Gasteiger charge is 2.04. The van der Waals surface area contributed by atoms with Gasteiger partial charge < -0.3 is 10.5 Å². The molecule has 1 aromatic rings. The number of benzene rings is 1. The molecule has 2 N–H and O–H groups in total. The van der Waals surface area contributed by atoms with Crippen LogP contribution in [0, 0.1) is 0 Å². The molecule has 0 aliphatic heterocycles. The van der Waals surface area contributed by atoms with Crippen LogP contribution in [0.15, 0.2) is 30.0 Å². The Bertz CT molecular complexity index is 426. The van der Waals surface area contributed by atoms with E-state index in [0.717, 1.165) is 0 Å². The van der Waals surface area contributed by atoms with E-state index in [-0.39, 0.29) is 6.61 Å². The molecule has 86 valence electrons. The third-order valence-corrected chi connectivity index (χ3v) is 2.32. The Hall–Kier alpha value is -1.19. The second kappa shape index (κ2) is 5.77. The van der Waals surface area contributed by atoms with E-state index in [4.69, 9.17) is 33.7 Å². The Morgan fingerprint density at radius 1 is 1.50 bits per heavy atom. The summed E-state index contributed by atoms with van der Waals surface area (Å²) in [5.41, 5.74) is 6.42. The molecular weight excluding hydrogens is 249 g/mol. The third-order valence-electron chi connectivity index (χ3n) is 1.73. The lowest BCUT2D eigenvalue weighted by Crippen LogP contribution is -2.04. The first-order valence-corrected chi connectivity index (χ1v) is 5.29. The Morgan fingerprint density at radius 2 is 2.19 bits per heavy atom. The van der Waals surface area contributed by atoms with Crippen molar-refractivity contribution < 1.29 is 9.53 Å². The van der Waals surface area contributed by atoms with Gasteiger partial charge in [-0.1, -0.05) is 29.3 Å². The average molecular weight is 260 g/mol. The lowest BCUT2D eigenvalue weighted by atomic mass is 10.2. The molecule has 0 unspecified atom stereocenters. The van der Waals surface area contributed by atoms with Crippen molar-refractivity contribution in [3.8, 4) is 0 Å². The normalized spacial score (nSPS) is 11.3. The molecule has 0 fully saturated rings. The predicted octanol–water partition coefficient (Wildman–Crippen LogP) is 2.90. The van der Waals surface area contributed by atoms with Crippen molar-refractivity contribution in [3.63, 3.8) is 0 Å². The first-order chi connectivity index (χ1) is 7.49. The monoisotopic (exact) mass is 259 g/mol. The Labute approximate surface area is 104 Å². The highest BCUT2D eigenvalue weighted by atomic mass is 35.5. The van der Waals surface area contributed by atoms with Crippen LogP contribution >= 0.6 is 23.2 Å². The maximum absolute atomic E-state index is 11.2. The molecule has 0 bridgehead atoms. The van der Waals surface area contributed by atoms with Crippen molar-refractivity contribution >= 4 is 29.2 Å². The second-order valence-electron chi connectivity index (χ2n) is 3.23. The fourth-order valence-electron chi connectivity index (χ4n) is 1.02. The van der Waals surface area contributed by atoms with E-state index in [1.165, 1.54) is 6.08 Å². The van der Waals surface area contributed by atoms with Crippen molar-refractivity contribution in [1.82, 2.24) is 0 Å². The van der Waals surface area contributed by atoms with Crippen LogP contribution in [0.2, 0.25) is 10.0 Å². The Morgan fingerprint density at radius 3 is 2.75 bits per heavy atom. The minimum Gasteiger partial charge on any atom is -0.458 e. The summed E-state index contributed by atoms with van der Waals surface area (Å²) in [7, 11) is 0. The van der Waals surface area contributed by atoms with Crippen molar-refractivity contribution in [2.24, 2.45) is 5.73 Å². The van der Waals surface area contributed by atoms with Crippen molar-refractivity contribution in [2.75, 3.05) is 0 Å². The van der Waals surface area contributed by atoms with E-state index >= 15 is 0 Å². The van der Waals surface area contributed by atoms with Crippen LogP contribution < -0.4 is 5.73 Å². The second-order valence-corrected chi connectivity index (χ2v) is 4.08. The fraction of sp³-hybridized carbons (Fsp3) is 0.182. The molecule has 0 aliphatic rings. The number of carbonyl (C=O) groups is 1. The topological polar surface area (TPSA) is 52.3 Å². The Balaban J connectivity index is 2.62. The van der Waals surface area contributed by atoms with Gasteiger partial charge in [-0.2, -0.15) is 0 Å². The van der Waals surface area contributed by atoms with Crippen LogP contribution in [-0.4, -0.2) is 5.97 Å². The average Bonchev–Trinajstić information content (AvgIpc) is 2.15. The van der Waals surface area contributed by atoms with Gasteiger partial charge in [-0.25, -0.2) is 4.79 Å². The van der Waals surface area contributed by atoms with Crippen LogP contribution in [0.4, 0.5) is 0 Å². The molecular formula is C11H11Cl2NO2. The van der Waals surface area contributed by atoms with Gasteiger partial charge in [-0.15, -0.1) is 0 Å².